The Labute approximate surface area is 82.4 Å². The fraction of sp³-hybridized carbons (Fsp3) is 0.556. The molecule has 5 heteroatoms. The first-order chi connectivity index (χ1) is 6.72. The number of aromatic nitrogens is 1. The van der Waals surface area contributed by atoms with Gasteiger partial charge in [-0.1, -0.05) is 12.1 Å². The highest BCUT2D eigenvalue weighted by molar-refractivity contribution is 5.66. The zero-order valence-corrected chi connectivity index (χ0v) is 8.32. The summed E-state index contributed by atoms with van der Waals surface area (Å²) in [5.74, 6) is 0.384. The molecule has 0 saturated heterocycles. The summed E-state index contributed by atoms with van der Waals surface area (Å²) in [4.78, 5) is 10.7. The van der Waals surface area contributed by atoms with Gasteiger partial charge in [0.15, 0.2) is 5.82 Å². The zero-order valence-electron chi connectivity index (χ0n) is 8.32. The van der Waals surface area contributed by atoms with Crippen molar-refractivity contribution in [1.82, 2.24) is 5.16 Å². The average Bonchev–Trinajstić information content (AvgIpc) is 2.64. The Morgan fingerprint density at radius 1 is 1.79 bits per heavy atom. The molecule has 1 unspecified atom stereocenters. The first-order valence-corrected chi connectivity index (χ1v) is 4.53. The fourth-order valence-electron chi connectivity index (χ4n) is 1.03. The third kappa shape index (κ3) is 3.47. The smallest absolute Gasteiger partial charge is 0.302 e. The van der Waals surface area contributed by atoms with Crippen molar-refractivity contribution in [2.75, 3.05) is 11.9 Å². The van der Waals surface area contributed by atoms with Gasteiger partial charge in [0.05, 0.1) is 6.54 Å². The minimum Gasteiger partial charge on any atom is -0.461 e. The number of esters is 1. The summed E-state index contributed by atoms with van der Waals surface area (Å²) in [5, 5.41) is 6.67. The highest BCUT2D eigenvalue weighted by atomic mass is 16.5. The summed E-state index contributed by atoms with van der Waals surface area (Å²) >= 11 is 0. The Bertz CT molecular complexity index is 272. The molecule has 0 aliphatic rings. The molecule has 0 saturated carbocycles. The lowest BCUT2D eigenvalue weighted by Gasteiger charge is -2.14. The van der Waals surface area contributed by atoms with Crippen LogP contribution in [0.1, 0.15) is 20.3 Å². The summed E-state index contributed by atoms with van der Waals surface area (Å²) in [7, 11) is 0. The number of ether oxygens (including phenoxy) is 1. The van der Waals surface area contributed by atoms with Gasteiger partial charge in [-0.3, -0.25) is 4.79 Å². The van der Waals surface area contributed by atoms with E-state index in [-0.39, 0.29) is 12.1 Å². The van der Waals surface area contributed by atoms with Gasteiger partial charge in [-0.15, -0.1) is 0 Å². The molecule has 0 spiro atoms. The molecule has 1 atom stereocenters. The first kappa shape index (κ1) is 10.6. The third-order valence-corrected chi connectivity index (χ3v) is 1.74. The Kier molecular flexibility index (Phi) is 3.97. The summed E-state index contributed by atoms with van der Waals surface area (Å²) in [5.41, 5.74) is 0. The number of carbonyl (C=O) groups is 1. The van der Waals surface area contributed by atoms with Crippen LogP contribution in [0.5, 0.6) is 0 Å². The van der Waals surface area contributed by atoms with Crippen molar-refractivity contribution < 1.29 is 14.1 Å². The molecule has 1 aromatic rings. The van der Waals surface area contributed by atoms with Crippen LogP contribution in [-0.2, 0) is 9.53 Å². The number of carbonyl (C=O) groups excluding carboxylic acids is 1. The Morgan fingerprint density at radius 3 is 3.07 bits per heavy atom. The lowest BCUT2D eigenvalue weighted by Crippen LogP contribution is -2.24. The van der Waals surface area contributed by atoms with E-state index < -0.39 is 0 Å². The van der Waals surface area contributed by atoms with Crippen LogP contribution in [0.15, 0.2) is 16.9 Å². The van der Waals surface area contributed by atoms with Crippen molar-refractivity contribution in [2.45, 2.75) is 26.4 Å². The highest BCUT2D eigenvalue weighted by Gasteiger charge is 2.09. The lowest BCUT2D eigenvalue weighted by molar-refractivity contribution is -0.145. The van der Waals surface area contributed by atoms with Crippen LogP contribution >= 0.6 is 0 Å². The van der Waals surface area contributed by atoms with Crippen LogP contribution in [-0.4, -0.2) is 23.8 Å². The van der Waals surface area contributed by atoms with Crippen molar-refractivity contribution in [3.05, 3.63) is 12.3 Å². The topological polar surface area (TPSA) is 64.4 Å². The molecule has 1 N–H and O–H groups in total. The molecule has 1 aromatic heterocycles. The minimum atomic E-state index is -0.265. The second-order valence-electron chi connectivity index (χ2n) is 2.91. The van der Waals surface area contributed by atoms with Crippen LogP contribution in [0.4, 0.5) is 5.82 Å². The van der Waals surface area contributed by atoms with Gasteiger partial charge >= 0.3 is 5.97 Å². The molecule has 5 nitrogen and oxygen atoms in total. The van der Waals surface area contributed by atoms with Crippen LogP contribution in [0.25, 0.3) is 0 Å². The number of nitrogens with zero attached hydrogens (tertiary/aromatic N) is 1. The van der Waals surface area contributed by atoms with E-state index in [1.54, 1.807) is 6.07 Å². The van der Waals surface area contributed by atoms with Crippen molar-refractivity contribution in [2.24, 2.45) is 0 Å². The number of anilines is 1. The molecule has 0 amide bonds. The van der Waals surface area contributed by atoms with Crippen LogP contribution in [0.2, 0.25) is 0 Å². The monoisotopic (exact) mass is 198 g/mol. The van der Waals surface area contributed by atoms with Gasteiger partial charge < -0.3 is 14.6 Å². The molecule has 14 heavy (non-hydrogen) atoms. The van der Waals surface area contributed by atoms with Gasteiger partial charge in [0.25, 0.3) is 0 Å². The van der Waals surface area contributed by atoms with E-state index in [0.717, 1.165) is 6.42 Å². The number of hydrogen-bond donors (Lipinski definition) is 1. The largest absolute Gasteiger partial charge is 0.461 e. The second kappa shape index (κ2) is 5.26. The minimum absolute atomic E-state index is 0.121. The van der Waals surface area contributed by atoms with Gasteiger partial charge in [0.2, 0.25) is 0 Å². The molecule has 0 aliphatic carbocycles. The Balaban J connectivity index is 2.30. The van der Waals surface area contributed by atoms with E-state index in [4.69, 9.17) is 4.74 Å². The van der Waals surface area contributed by atoms with E-state index in [1.807, 2.05) is 6.92 Å². The molecule has 0 aromatic carbocycles. The van der Waals surface area contributed by atoms with E-state index in [9.17, 15) is 4.79 Å². The van der Waals surface area contributed by atoms with Gasteiger partial charge in [0.1, 0.15) is 12.4 Å². The molecule has 0 bridgehead atoms. The van der Waals surface area contributed by atoms with Crippen molar-refractivity contribution in [3.63, 3.8) is 0 Å². The molecule has 78 valence electrons. The molecule has 1 heterocycles. The fourth-order valence-corrected chi connectivity index (χ4v) is 1.03. The molecular formula is C9H14N2O3. The lowest BCUT2D eigenvalue weighted by atomic mass is 10.3. The van der Waals surface area contributed by atoms with Crippen LogP contribution in [0, 0.1) is 0 Å². The standard InChI is InChI=1S/C9H14N2O3/c1-3-8(14-7(2)12)6-10-9-4-5-13-11-9/h4-5,8H,3,6H2,1-2H3,(H,10,11). The molecule has 0 aliphatic heterocycles. The van der Waals surface area contributed by atoms with E-state index >= 15 is 0 Å². The van der Waals surface area contributed by atoms with E-state index in [2.05, 4.69) is 15.0 Å². The van der Waals surface area contributed by atoms with Gasteiger partial charge in [-0.2, -0.15) is 0 Å². The normalized spacial score (nSPS) is 12.1. The molecular weight excluding hydrogens is 184 g/mol. The van der Waals surface area contributed by atoms with Crippen molar-refractivity contribution in [3.8, 4) is 0 Å². The summed E-state index contributed by atoms with van der Waals surface area (Å²) in [6.07, 6.45) is 2.13. The maximum atomic E-state index is 10.7. The predicted molar refractivity (Wildman–Crippen MR) is 50.8 cm³/mol. The second-order valence-corrected chi connectivity index (χ2v) is 2.91. The molecule has 0 fully saturated rings. The van der Waals surface area contributed by atoms with Crippen LogP contribution in [0.3, 0.4) is 0 Å². The molecule has 1 rings (SSSR count). The number of nitrogens with one attached hydrogen (secondary N) is 1. The zero-order chi connectivity index (χ0) is 10.4. The third-order valence-electron chi connectivity index (χ3n) is 1.74. The summed E-state index contributed by atoms with van der Waals surface area (Å²) in [6.45, 7) is 3.90. The SMILES string of the molecule is CCC(CNc1ccon1)OC(C)=O. The van der Waals surface area contributed by atoms with E-state index in [1.165, 1.54) is 13.2 Å². The number of rotatable bonds is 5. The van der Waals surface area contributed by atoms with Crippen molar-refractivity contribution in [1.29, 1.82) is 0 Å². The van der Waals surface area contributed by atoms with Gasteiger partial charge in [-0.25, -0.2) is 0 Å². The maximum absolute atomic E-state index is 10.7. The summed E-state index contributed by atoms with van der Waals surface area (Å²) in [6, 6.07) is 1.71. The van der Waals surface area contributed by atoms with Gasteiger partial charge in [-0.05, 0) is 6.42 Å². The summed E-state index contributed by atoms with van der Waals surface area (Å²) < 4.78 is 9.68. The first-order valence-electron chi connectivity index (χ1n) is 4.53. The van der Waals surface area contributed by atoms with Crippen molar-refractivity contribution >= 4 is 11.8 Å². The molecule has 0 radical (unpaired) electrons. The van der Waals surface area contributed by atoms with Crippen LogP contribution < -0.4 is 5.32 Å². The highest BCUT2D eigenvalue weighted by Crippen LogP contribution is 2.04. The Hall–Kier alpha value is -1.52. The average molecular weight is 198 g/mol. The van der Waals surface area contributed by atoms with E-state index in [0.29, 0.717) is 12.4 Å². The number of hydrogen-bond acceptors (Lipinski definition) is 5. The predicted octanol–water partition coefficient (Wildman–Crippen LogP) is 1.43. The Morgan fingerprint density at radius 2 is 2.57 bits per heavy atom. The quantitative estimate of drug-likeness (QED) is 0.725. The maximum Gasteiger partial charge on any atom is 0.302 e. The van der Waals surface area contributed by atoms with Gasteiger partial charge in [0, 0.05) is 13.0 Å².